The largest absolute Gasteiger partial charge is 1.00 e. The number of halogens is 2. The van der Waals surface area contributed by atoms with Crippen LogP contribution in [0.3, 0.4) is 0 Å². The highest BCUT2D eigenvalue weighted by Gasteiger charge is 2.11. The fourth-order valence-electron chi connectivity index (χ4n) is 3.00. The minimum absolute atomic E-state index is 0. The summed E-state index contributed by atoms with van der Waals surface area (Å²) in [7, 11) is 0. The molecule has 6 heteroatoms. The molecule has 152 valence electrons. The third-order valence-corrected chi connectivity index (χ3v) is 4.51. The smallest absolute Gasteiger partial charge is 0.161 e. The van der Waals surface area contributed by atoms with Gasteiger partial charge in [-0.05, 0) is 53.1 Å². The lowest BCUT2D eigenvalue weighted by Crippen LogP contribution is -3.00. The summed E-state index contributed by atoms with van der Waals surface area (Å²) in [5.74, 6) is 2.16. The Labute approximate surface area is 176 Å². The maximum absolute atomic E-state index is 12.9. The van der Waals surface area contributed by atoms with Gasteiger partial charge in [-0.15, -0.1) is 0 Å². The van der Waals surface area contributed by atoms with E-state index in [-0.39, 0.29) is 18.2 Å². The molecule has 1 aliphatic heterocycles. The summed E-state index contributed by atoms with van der Waals surface area (Å²) in [5.41, 5.74) is 3.25. The Kier molecular flexibility index (Phi) is 7.33. The van der Waals surface area contributed by atoms with Gasteiger partial charge in [0.25, 0.3) is 0 Å². The second-order valence-electron chi connectivity index (χ2n) is 6.64. The van der Waals surface area contributed by atoms with E-state index in [9.17, 15) is 4.39 Å². The highest BCUT2D eigenvalue weighted by atomic mass is 35.5. The van der Waals surface area contributed by atoms with Gasteiger partial charge in [0.1, 0.15) is 31.4 Å². The number of ether oxygens (including phenoxy) is 3. The topological polar surface area (TPSA) is 39.7 Å². The molecular formula is C23H22ClFNO3-. The van der Waals surface area contributed by atoms with Gasteiger partial charge in [-0.1, -0.05) is 30.3 Å². The predicted octanol–water partition coefficient (Wildman–Crippen LogP) is 1.47. The van der Waals surface area contributed by atoms with Crippen molar-refractivity contribution in [3.63, 3.8) is 0 Å². The van der Waals surface area contributed by atoms with Crippen molar-refractivity contribution in [1.29, 1.82) is 0 Å². The predicted molar refractivity (Wildman–Crippen MR) is 105 cm³/mol. The molecule has 3 aromatic rings. The number of nitrogens with one attached hydrogen (secondary N) is 1. The summed E-state index contributed by atoms with van der Waals surface area (Å²) in [6, 6.07) is 20.4. The number of hydrogen-bond acceptors (Lipinski definition) is 4. The molecule has 0 amide bonds. The summed E-state index contributed by atoms with van der Waals surface area (Å²) < 4.78 is 29.9. The molecule has 1 heterocycles. The fourth-order valence-corrected chi connectivity index (χ4v) is 3.00. The van der Waals surface area contributed by atoms with Gasteiger partial charge in [0.15, 0.2) is 11.5 Å². The van der Waals surface area contributed by atoms with E-state index in [1.54, 1.807) is 12.1 Å². The first-order chi connectivity index (χ1) is 13.8. The van der Waals surface area contributed by atoms with Crippen molar-refractivity contribution < 1.29 is 31.0 Å². The van der Waals surface area contributed by atoms with Crippen LogP contribution in [0.5, 0.6) is 17.2 Å². The van der Waals surface area contributed by atoms with Gasteiger partial charge < -0.3 is 31.9 Å². The van der Waals surface area contributed by atoms with Crippen LogP contribution in [0.1, 0.15) is 16.7 Å². The molecule has 0 spiro atoms. The lowest BCUT2D eigenvalue weighted by atomic mass is 10.2. The summed E-state index contributed by atoms with van der Waals surface area (Å²) in [4.78, 5) is 0. The van der Waals surface area contributed by atoms with E-state index in [2.05, 4.69) is 5.32 Å². The van der Waals surface area contributed by atoms with Crippen molar-refractivity contribution in [2.45, 2.75) is 19.7 Å². The number of benzene rings is 3. The van der Waals surface area contributed by atoms with Gasteiger partial charge >= 0.3 is 0 Å². The van der Waals surface area contributed by atoms with E-state index in [0.29, 0.717) is 26.4 Å². The van der Waals surface area contributed by atoms with E-state index in [1.165, 1.54) is 12.1 Å². The van der Waals surface area contributed by atoms with Crippen molar-refractivity contribution >= 4 is 0 Å². The van der Waals surface area contributed by atoms with E-state index in [4.69, 9.17) is 14.2 Å². The second kappa shape index (κ2) is 10.1. The zero-order valence-electron chi connectivity index (χ0n) is 15.9. The van der Waals surface area contributed by atoms with Crippen molar-refractivity contribution in [2.75, 3.05) is 13.2 Å². The summed E-state index contributed by atoms with van der Waals surface area (Å²) in [6.45, 7) is 3.07. The van der Waals surface area contributed by atoms with Gasteiger partial charge in [0, 0.05) is 13.1 Å². The fraction of sp³-hybridized carbons (Fsp3) is 0.217. The van der Waals surface area contributed by atoms with Crippen LogP contribution in [0.15, 0.2) is 66.7 Å². The molecule has 3 aromatic carbocycles. The van der Waals surface area contributed by atoms with Crippen LogP contribution >= 0.6 is 0 Å². The van der Waals surface area contributed by atoms with Gasteiger partial charge in [-0.2, -0.15) is 0 Å². The highest BCUT2D eigenvalue weighted by molar-refractivity contribution is 5.43. The van der Waals surface area contributed by atoms with Gasteiger partial charge in [0.05, 0.1) is 0 Å². The number of hydrogen-bond donors (Lipinski definition) is 1. The van der Waals surface area contributed by atoms with Crippen molar-refractivity contribution in [2.24, 2.45) is 0 Å². The summed E-state index contributed by atoms with van der Waals surface area (Å²) >= 11 is 0. The van der Waals surface area contributed by atoms with Crippen LogP contribution < -0.4 is 31.9 Å². The Hall–Kier alpha value is -2.76. The van der Waals surface area contributed by atoms with Crippen LogP contribution in [0.25, 0.3) is 0 Å². The monoisotopic (exact) mass is 414 g/mol. The van der Waals surface area contributed by atoms with Crippen LogP contribution in [0.2, 0.25) is 0 Å². The molecule has 0 aliphatic carbocycles. The average Bonchev–Trinajstić information content (AvgIpc) is 2.74. The third-order valence-electron chi connectivity index (χ3n) is 4.51. The molecule has 29 heavy (non-hydrogen) atoms. The SMILES string of the molecule is Fc1ccc(CNCc2ccc(OCc3ccc4c(c3)OCCO4)cc2)cc1.[Cl-]. The summed E-state index contributed by atoms with van der Waals surface area (Å²) in [5, 5.41) is 3.35. The number of rotatable bonds is 7. The van der Waals surface area contributed by atoms with Crippen molar-refractivity contribution in [3.8, 4) is 17.2 Å². The maximum Gasteiger partial charge on any atom is 0.161 e. The van der Waals surface area contributed by atoms with Crippen LogP contribution in [-0.2, 0) is 19.7 Å². The van der Waals surface area contributed by atoms with Gasteiger partial charge in [-0.25, -0.2) is 4.39 Å². The molecule has 4 nitrogen and oxygen atoms in total. The molecular weight excluding hydrogens is 393 g/mol. The molecule has 0 saturated carbocycles. The second-order valence-corrected chi connectivity index (χ2v) is 6.64. The molecule has 0 radical (unpaired) electrons. The number of fused-ring (bicyclic) bond motifs is 1. The Balaban J connectivity index is 0.00000240. The lowest BCUT2D eigenvalue weighted by molar-refractivity contribution is -0.00000718. The molecule has 1 N–H and O–H groups in total. The third kappa shape index (κ3) is 5.86. The molecule has 0 saturated heterocycles. The van der Waals surface area contributed by atoms with Crippen LogP contribution in [0.4, 0.5) is 4.39 Å². The Bertz CT molecular complexity index is 916. The minimum atomic E-state index is -0.212. The Morgan fingerprint density at radius 3 is 2.03 bits per heavy atom. The lowest BCUT2D eigenvalue weighted by Gasteiger charge is -2.19. The first-order valence-corrected chi connectivity index (χ1v) is 9.32. The first kappa shape index (κ1) is 21.0. The molecule has 1 aliphatic rings. The quantitative estimate of drug-likeness (QED) is 0.635. The molecule has 4 rings (SSSR count). The Morgan fingerprint density at radius 2 is 1.34 bits per heavy atom. The molecule has 0 unspecified atom stereocenters. The van der Waals surface area contributed by atoms with Crippen LogP contribution in [-0.4, -0.2) is 13.2 Å². The van der Waals surface area contributed by atoms with E-state index in [1.807, 2.05) is 42.5 Å². The molecule has 0 atom stereocenters. The molecule has 0 bridgehead atoms. The van der Waals surface area contributed by atoms with Crippen LogP contribution in [0, 0.1) is 5.82 Å². The highest BCUT2D eigenvalue weighted by Crippen LogP contribution is 2.31. The zero-order valence-corrected chi connectivity index (χ0v) is 16.6. The normalized spacial score (nSPS) is 12.2. The average molecular weight is 415 g/mol. The molecule has 0 aromatic heterocycles. The van der Waals surface area contributed by atoms with Gasteiger partial charge in [-0.3, -0.25) is 0 Å². The standard InChI is InChI=1S/C23H22FNO3.ClH/c24-20-6-1-17(2-7-20)14-25-15-18-3-8-21(9-4-18)28-16-19-5-10-22-23(13-19)27-12-11-26-22;/h1-10,13,25H,11-12,14-16H2;1H/p-1. The maximum atomic E-state index is 12.9. The minimum Gasteiger partial charge on any atom is -1.00 e. The first-order valence-electron chi connectivity index (χ1n) is 9.32. The Morgan fingerprint density at radius 1 is 0.759 bits per heavy atom. The molecule has 0 fully saturated rings. The van der Waals surface area contributed by atoms with Crippen molar-refractivity contribution in [3.05, 3.63) is 89.2 Å². The zero-order chi connectivity index (χ0) is 19.2. The van der Waals surface area contributed by atoms with E-state index >= 15 is 0 Å². The van der Waals surface area contributed by atoms with E-state index < -0.39 is 0 Å². The van der Waals surface area contributed by atoms with Gasteiger partial charge in [0.2, 0.25) is 0 Å². The van der Waals surface area contributed by atoms with Crippen molar-refractivity contribution in [1.82, 2.24) is 5.32 Å². The van der Waals surface area contributed by atoms with E-state index in [0.717, 1.165) is 40.5 Å². The summed E-state index contributed by atoms with van der Waals surface area (Å²) in [6.07, 6.45) is 0.